The van der Waals surface area contributed by atoms with E-state index in [4.69, 9.17) is 4.74 Å². The summed E-state index contributed by atoms with van der Waals surface area (Å²) >= 11 is 0. The van der Waals surface area contributed by atoms with Crippen LogP contribution in [0.25, 0.3) is 0 Å². The second-order valence-corrected chi connectivity index (χ2v) is 10.4. The first kappa shape index (κ1) is 30.4. The van der Waals surface area contributed by atoms with Crippen LogP contribution < -0.4 is 16.0 Å². The van der Waals surface area contributed by atoms with Crippen LogP contribution in [0.15, 0.2) is 54.6 Å². The van der Waals surface area contributed by atoms with Gasteiger partial charge >= 0.3 is 5.97 Å². The number of hydrogen-bond donors (Lipinski definition) is 3. The Hall–Kier alpha value is -4.19. The molecule has 0 aliphatic carbocycles. The number of benzene rings is 2. The van der Waals surface area contributed by atoms with Gasteiger partial charge in [-0.2, -0.15) is 5.26 Å². The Labute approximate surface area is 235 Å². The number of hydrogen-bond acceptors (Lipinski definition) is 6. The van der Waals surface area contributed by atoms with E-state index in [2.05, 4.69) is 28.9 Å². The third-order valence-electron chi connectivity index (χ3n) is 7.09. The molecule has 1 heterocycles. The minimum Gasteiger partial charge on any atom is -0.460 e. The Morgan fingerprint density at radius 3 is 2.33 bits per heavy atom. The van der Waals surface area contributed by atoms with Gasteiger partial charge in [-0.3, -0.25) is 14.4 Å². The summed E-state index contributed by atoms with van der Waals surface area (Å²) in [6.07, 6.45) is 2.06. The second-order valence-electron chi connectivity index (χ2n) is 10.4. The molecule has 0 bridgehead atoms. The molecule has 5 atom stereocenters. The standard InChI is InChI=1S/C31H38N4O5/c1-4-5-10-20(2)27-18-28(36)34-25(17-23-13-9-14-24(15-23)19-32)30(38)33-21(3)29(37)35-26(31(39)40-27)16-22-11-7-6-8-12-22/h6-9,11-15,20-21,25-27H,4-5,10,16-18H2,1-3H3,(H,33,38)(H,34,36)(H,35,37)/t20-,21-,25-,26+,27-/m0/s1. The maximum absolute atomic E-state index is 13.4. The predicted octanol–water partition coefficient (Wildman–Crippen LogP) is 2.96. The van der Waals surface area contributed by atoms with Gasteiger partial charge < -0.3 is 20.7 Å². The Morgan fingerprint density at radius 1 is 0.925 bits per heavy atom. The van der Waals surface area contributed by atoms with Crippen LogP contribution in [0.4, 0.5) is 0 Å². The summed E-state index contributed by atoms with van der Waals surface area (Å²) in [5.74, 6) is -2.27. The molecule has 1 aliphatic rings. The number of unbranched alkanes of at least 4 members (excludes halogenated alkanes) is 1. The molecule has 9 heteroatoms. The zero-order valence-electron chi connectivity index (χ0n) is 23.3. The molecule has 40 heavy (non-hydrogen) atoms. The monoisotopic (exact) mass is 546 g/mol. The third kappa shape index (κ3) is 8.94. The average molecular weight is 547 g/mol. The highest BCUT2D eigenvalue weighted by Crippen LogP contribution is 2.20. The van der Waals surface area contributed by atoms with Crippen LogP contribution in [0, 0.1) is 17.2 Å². The quantitative estimate of drug-likeness (QED) is 0.436. The molecule has 2 aromatic carbocycles. The number of ether oxygens (including phenoxy) is 1. The first-order valence-electron chi connectivity index (χ1n) is 13.8. The maximum Gasteiger partial charge on any atom is 0.329 e. The molecular weight excluding hydrogens is 508 g/mol. The van der Waals surface area contributed by atoms with Crippen LogP contribution in [0.2, 0.25) is 0 Å². The Balaban J connectivity index is 1.92. The van der Waals surface area contributed by atoms with Crippen molar-refractivity contribution < 1.29 is 23.9 Å². The zero-order valence-corrected chi connectivity index (χ0v) is 23.3. The highest BCUT2D eigenvalue weighted by Gasteiger charge is 2.33. The van der Waals surface area contributed by atoms with Crippen molar-refractivity contribution in [2.45, 2.75) is 83.5 Å². The largest absolute Gasteiger partial charge is 0.460 e. The summed E-state index contributed by atoms with van der Waals surface area (Å²) in [6.45, 7) is 5.51. The minimum atomic E-state index is -1.00. The van der Waals surface area contributed by atoms with Crippen molar-refractivity contribution >= 4 is 23.7 Å². The minimum absolute atomic E-state index is 0.119. The summed E-state index contributed by atoms with van der Waals surface area (Å²) in [4.78, 5) is 53.1. The van der Waals surface area contributed by atoms with Gasteiger partial charge in [0.25, 0.3) is 0 Å². The molecule has 3 N–H and O–H groups in total. The van der Waals surface area contributed by atoms with E-state index in [9.17, 15) is 24.4 Å². The van der Waals surface area contributed by atoms with Gasteiger partial charge in [-0.25, -0.2) is 4.79 Å². The molecule has 1 aliphatic heterocycles. The SMILES string of the molecule is CCCC[C@H](C)[C@@H]1CC(=O)N[C@@H](Cc2cccc(C#N)c2)C(=O)N[C@@H](C)C(=O)N[C@H](Cc2ccccc2)C(=O)O1. The average Bonchev–Trinajstić information content (AvgIpc) is 2.95. The van der Waals surface area contributed by atoms with Crippen LogP contribution >= 0.6 is 0 Å². The molecule has 1 saturated heterocycles. The number of carbonyl (C=O) groups is 4. The smallest absolute Gasteiger partial charge is 0.329 e. The van der Waals surface area contributed by atoms with Gasteiger partial charge in [-0.1, -0.05) is 69.2 Å². The fraction of sp³-hybridized carbons (Fsp3) is 0.452. The summed E-state index contributed by atoms with van der Waals surface area (Å²) < 4.78 is 5.92. The van der Waals surface area contributed by atoms with Crippen molar-refractivity contribution in [2.24, 2.45) is 5.92 Å². The normalized spacial score (nSPS) is 23.1. The molecule has 3 rings (SSSR count). The number of carbonyl (C=O) groups excluding carboxylic acids is 4. The molecule has 2 aromatic rings. The predicted molar refractivity (Wildman–Crippen MR) is 150 cm³/mol. The van der Waals surface area contributed by atoms with Crippen molar-refractivity contribution in [2.75, 3.05) is 0 Å². The highest BCUT2D eigenvalue weighted by molar-refractivity contribution is 5.94. The van der Waals surface area contributed by atoms with Gasteiger partial charge in [0, 0.05) is 12.8 Å². The van der Waals surface area contributed by atoms with E-state index in [1.165, 1.54) is 6.92 Å². The molecule has 0 saturated carbocycles. The molecule has 0 radical (unpaired) electrons. The fourth-order valence-electron chi connectivity index (χ4n) is 4.67. The number of nitrogens with zero attached hydrogens (tertiary/aromatic N) is 1. The summed E-state index contributed by atoms with van der Waals surface area (Å²) in [6, 6.07) is 15.1. The van der Waals surface area contributed by atoms with Crippen LogP contribution in [0.5, 0.6) is 0 Å². The van der Waals surface area contributed by atoms with E-state index in [1.54, 1.807) is 24.3 Å². The van der Waals surface area contributed by atoms with Gasteiger partial charge in [0.2, 0.25) is 17.7 Å². The second kappa shape index (κ2) is 14.8. The van der Waals surface area contributed by atoms with Crippen molar-refractivity contribution in [1.82, 2.24) is 16.0 Å². The van der Waals surface area contributed by atoms with E-state index in [0.717, 1.165) is 24.8 Å². The number of esters is 1. The molecule has 3 amide bonds. The lowest BCUT2D eigenvalue weighted by molar-refractivity contribution is -0.157. The number of nitrogens with one attached hydrogen (secondary N) is 3. The number of nitriles is 1. The molecular formula is C31H38N4O5. The molecule has 0 aromatic heterocycles. The molecule has 9 nitrogen and oxygen atoms in total. The van der Waals surface area contributed by atoms with E-state index >= 15 is 0 Å². The lowest BCUT2D eigenvalue weighted by atomic mass is 9.95. The van der Waals surface area contributed by atoms with Crippen molar-refractivity contribution in [3.05, 3.63) is 71.3 Å². The molecule has 1 fully saturated rings. The first-order chi connectivity index (χ1) is 19.2. The molecule has 212 valence electrons. The summed E-state index contributed by atoms with van der Waals surface area (Å²) in [7, 11) is 0. The topological polar surface area (TPSA) is 137 Å². The molecule has 0 unspecified atom stereocenters. The fourth-order valence-corrected chi connectivity index (χ4v) is 4.67. The van der Waals surface area contributed by atoms with Crippen LogP contribution in [0.1, 0.15) is 63.1 Å². The van der Waals surface area contributed by atoms with Gasteiger partial charge in [-0.15, -0.1) is 0 Å². The van der Waals surface area contributed by atoms with Crippen molar-refractivity contribution in [1.29, 1.82) is 5.26 Å². The first-order valence-corrected chi connectivity index (χ1v) is 13.8. The van der Waals surface area contributed by atoms with Crippen LogP contribution in [-0.2, 0) is 36.8 Å². The Bertz CT molecular complexity index is 1230. The van der Waals surface area contributed by atoms with Gasteiger partial charge in [0.15, 0.2) is 0 Å². The third-order valence-corrected chi connectivity index (χ3v) is 7.09. The summed E-state index contributed by atoms with van der Waals surface area (Å²) in [5.41, 5.74) is 1.95. The van der Waals surface area contributed by atoms with Crippen LogP contribution in [-0.4, -0.2) is 47.9 Å². The van der Waals surface area contributed by atoms with E-state index in [-0.39, 0.29) is 25.2 Å². The van der Waals surface area contributed by atoms with Gasteiger partial charge in [-0.05, 0) is 42.5 Å². The maximum atomic E-state index is 13.4. The van der Waals surface area contributed by atoms with Gasteiger partial charge in [0.05, 0.1) is 18.1 Å². The van der Waals surface area contributed by atoms with Crippen molar-refractivity contribution in [3.63, 3.8) is 0 Å². The van der Waals surface area contributed by atoms with Crippen molar-refractivity contribution in [3.8, 4) is 6.07 Å². The zero-order chi connectivity index (χ0) is 29.1. The summed E-state index contributed by atoms with van der Waals surface area (Å²) in [5, 5.41) is 17.4. The lowest BCUT2D eigenvalue weighted by Gasteiger charge is -2.27. The van der Waals surface area contributed by atoms with E-state index < -0.39 is 47.9 Å². The Kier molecular flexibility index (Phi) is 11.2. The molecule has 0 spiro atoms. The number of amides is 3. The number of cyclic esters (lactones) is 1. The lowest BCUT2D eigenvalue weighted by Crippen LogP contribution is -2.55. The van der Waals surface area contributed by atoms with E-state index in [0.29, 0.717) is 11.1 Å². The highest BCUT2D eigenvalue weighted by atomic mass is 16.5. The Morgan fingerprint density at radius 2 is 1.62 bits per heavy atom. The number of rotatable bonds is 8. The van der Waals surface area contributed by atoms with Crippen LogP contribution in [0.3, 0.4) is 0 Å². The van der Waals surface area contributed by atoms with E-state index in [1.807, 2.05) is 37.3 Å². The van der Waals surface area contributed by atoms with Gasteiger partial charge in [0.1, 0.15) is 24.2 Å².